The molecule has 1 rings (SSSR count). The van der Waals surface area contributed by atoms with E-state index in [1.807, 2.05) is 11.8 Å². The zero-order valence-corrected chi connectivity index (χ0v) is 11.1. The summed E-state index contributed by atoms with van der Waals surface area (Å²) in [5, 5.41) is 9.78. The molecule has 3 heteroatoms. The lowest BCUT2D eigenvalue weighted by Crippen LogP contribution is -2.34. The molecule has 1 unspecified atom stereocenters. The van der Waals surface area contributed by atoms with Gasteiger partial charge in [0.1, 0.15) is 0 Å². The first-order chi connectivity index (χ1) is 7.03. The molecule has 0 bridgehead atoms. The van der Waals surface area contributed by atoms with Crippen molar-refractivity contribution in [3.8, 4) is 0 Å². The Morgan fingerprint density at radius 1 is 1.47 bits per heavy atom. The molecule has 1 heterocycles. The molecule has 0 aromatic rings. The number of aliphatic hydroxyl groups excluding tert-OH is 1. The van der Waals surface area contributed by atoms with Gasteiger partial charge < -0.3 is 10.0 Å². The normalized spacial score (nSPS) is 27.6. The summed E-state index contributed by atoms with van der Waals surface area (Å²) < 4.78 is 0. The van der Waals surface area contributed by atoms with E-state index in [0.717, 1.165) is 25.9 Å². The maximum atomic E-state index is 9.78. The van der Waals surface area contributed by atoms with Crippen molar-refractivity contribution in [2.45, 2.75) is 39.7 Å². The summed E-state index contributed by atoms with van der Waals surface area (Å²) in [7, 11) is 0. The second-order valence-corrected chi connectivity index (χ2v) is 6.68. The quantitative estimate of drug-likeness (QED) is 0.751. The van der Waals surface area contributed by atoms with Crippen molar-refractivity contribution in [2.75, 3.05) is 31.1 Å². The third kappa shape index (κ3) is 5.23. The molecule has 0 radical (unpaired) electrons. The SMILES string of the molecule is CCSCCN1CCC(O)CC(C)(C)C1. The van der Waals surface area contributed by atoms with Gasteiger partial charge in [0.15, 0.2) is 0 Å². The molecule has 0 amide bonds. The maximum absolute atomic E-state index is 9.78. The summed E-state index contributed by atoms with van der Waals surface area (Å²) in [5.74, 6) is 2.43. The molecule has 1 saturated heterocycles. The molecule has 0 saturated carbocycles. The van der Waals surface area contributed by atoms with E-state index in [9.17, 15) is 5.11 Å². The van der Waals surface area contributed by atoms with E-state index in [0.29, 0.717) is 0 Å². The van der Waals surface area contributed by atoms with Gasteiger partial charge in [-0.1, -0.05) is 20.8 Å². The van der Waals surface area contributed by atoms with Crippen LogP contribution in [0.3, 0.4) is 0 Å². The van der Waals surface area contributed by atoms with Crippen LogP contribution in [0.1, 0.15) is 33.6 Å². The number of aliphatic hydroxyl groups is 1. The molecule has 90 valence electrons. The van der Waals surface area contributed by atoms with Gasteiger partial charge in [0.2, 0.25) is 0 Å². The first kappa shape index (κ1) is 13.3. The number of hydrogen-bond donors (Lipinski definition) is 1. The van der Waals surface area contributed by atoms with Crippen molar-refractivity contribution in [3.05, 3.63) is 0 Å². The number of rotatable bonds is 4. The Hall–Kier alpha value is 0.270. The van der Waals surface area contributed by atoms with E-state index in [1.165, 1.54) is 18.1 Å². The molecule has 0 aromatic carbocycles. The van der Waals surface area contributed by atoms with E-state index < -0.39 is 0 Å². The van der Waals surface area contributed by atoms with Gasteiger partial charge in [0, 0.05) is 25.4 Å². The zero-order chi connectivity index (χ0) is 11.3. The fourth-order valence-corrected chi connectivity index (χ4v) is 3.03. The number of nitrogens with zero attached hydrogens (tertiary/aromatic N) is 1. The molecule has 0 aliphatic carbocycles. The van der Waals surface area contributed by atoms with Gasteiger partial charge in [-0.3, -0.25) is 0 Å². The Balaban J connectivity index is 2.37. The highest BCUT2D eigenvalue weighted by Crippen LogP contribution is 2.28. The molecule has 1 atom stereocenters. The van der Waals surface area contributed by atoms with Crippen LogP contribution >= 0.6 is 11.8 Å². The number of hydrogen-bond acceptors (Lipinski definition) is 3. The van der Waals surface area contributed by atoms with Crippen molar-refractivity contribution in [3.63, 3.8) is 0 Å². The summed E-state index contributed by atoms with van der Waals surface area (Å²) >= 11 is 2.01. The van der Waals surface area contributed by atoms with Crippen LogP contribution in [-0.4, -0.2) is 47.3 Å². The lowest BCUT2D eigenvalue weighted by atomic mass is 9.87. The average Bonchev–Trinajstić information content (AvgIpc) is 2.24. The molecule has 0 aromatic heterocycles. The van der Waals surface area contributed by atoms with Crippen LogP contribution in [0.5, 0.6) is 0 Å². The van der Waals surface area contributed by atoms with E-state index in [1.54, 1.807) is 0 Å². The fourth-order valence-electron chi connectivity index (χ4n) is 2.35. The lowest BCUT2D eigenvalue weighted by Gasteiger charge is -2.29. The second-order valence-electron chi connectivity index (χ2n) is 5.28. The first-order valence-electron chi connectivity index (χ1n) is 6.01. The maximum Gasteiger partial charge on any atom is 0.0558 e. The molecule has 2 nitrogen and oxygen atoms in total. The van der Waals surface area contributed by atoms with Gasteiger partial charge in [0.05, 0.1) is 6.10 Å². The predicted molar refractivity (Wildman–Crippen MR) is 68.5 cm³/mol. The number of likely N-dealkylation sites (tertiary alicyclic amines) is 1. The summed E-state index contributed by atoms with van der Waals surface area (Å²) in [6.45, 7) is 10.1. The summed E-state index contributed by atoms with van der Waals surface area (Å²) in [6, 6.07) is 0. The van der Waals surface area contributed by atoms with Gasteiger partial charge in [-0.2, -0.15) is 11.8 Å². The third-order valence-corrected chi connectivity index (χ3v) is 3.85. The van der Waals surface area contributed by atoms with Crippen LogP contribution in [0.2, 0.25) is 0 Å². The Bertz CT molecular complexity index is 184. The molecular weight excluding hydrogens is 206 g/mol. The van der Waals surface area contributed by atoms with Crippen LogP contribution in [-0.2, 0) is 0 Å². The topological polar surface area (TPSA) is 23.5 Å². The Labute approximate surface area is 98.4 Å². The zero-order valence-electron chi connectivity index (χ0n) is 10.3. The van der Waals surface area contributed by atoms with Crippen LogP contribution < -0.4 is 0 Å². The van der Waals surface area contributed by atoms with Gasteiger partial charge in [-0.05, 0) is 24.0 Å². The van der Waals surface area contributed by atoms with Gasteiger partial charge in [0.25, 0.3) is 0 Å². The van der Waals surface area contributed by atoms with E-state index in [-0.39, 0.29) is 11.5 Å². The van der Waals surface area contributed by atoms with Crippen LogP contribution in [0.15, 0.2) is 0 Å². The molecule has 1 N–H and O–H groups in total. The summed E-state index contributed by atoms with van der Waals surface area (Å²) in [5.41, 5.74) is 0.271. The van der Waals surface area contributed by atoms with Crippen LogP contribution in [0.25, 0.3) is 0 Å². The van der Waals surface area contributed by atoms with E-state index >= 15 is 0 Å². The van der Waals surface area contributed by atoms with Gasteiger partial charge in [-0.25, -0.2) is 0 Å². The Morgan fingerprint density at radius 2 is 2.20 bits per heavy atom. The second kappa shape index (κ2) is 6.12. The summed E-state index contributed by atoms with van der Waals surface area (Å²) in [4.78, 5) is 2.51. The van der Waals surface area contributed by atoms with Gasteiger partial charge in [-0.15, -0.1) is 0 Å². The fraction of sp³-hybridized carbons (Fsp3) is 1.00. The van der Waals surface area contributed by atoms with Crippen LogP contribution in [0, 0.1) is 5.41 Å². The van der Waals surface area contributed by atoms with Crippen molar-refractivity contribution in [1.82, 2.24) is 4.90 Å². The highest BCUT2D eigenvalue weighted by Gasteiger charge is 2.28. The van der Waals surface area contributed by atoms with Crippen molar-refractivity contribution in [2.24, 2.45) is 5.41 Å². The first-order valence-corrected chi connectivity index (χ1v) is 7.17. The van der Waals surface area contributed by atoms with Crippen LogP contribution in [0.4, 0.5) is 0 Å². The highest BCUT2D eigenvalue weighted by atomic mass is 32.2. The Morgan fingerprint density at radius 3 is 2.87 bits per heavy atom. The monoisotopic (exact) mass is 231 g/mol. The molecule has 15 heavy (non-hydrogen) atoms. The molecule has 1 aliphatic rings. The smallest absolute Gasteiger partial charge is 0.0558 e. The Kier molecular flexibility index (Phi) is 5.44. The predicted octanol–water partition coefficient (Wildman–Crippen LogP) is 2.22. The van der Waals surface area contributed by atoms with Gasteiger partial charge >= 0.3 is 0 Å². The standard InChI is InChI=1S/C12H25NOS/c1-4-15-8-7-13-6-5-11(14)9-12(2,3)10-13/h11,14H,4-10H2,1-3H3. The minimum Gasteiger partial charge on any atom is -0.393 e. The van der Waals surface area contributed by atoms with Crippen molar-refractivity contribution < 1.29 is 5.11 Å². The lowest BCUT2D eigenvalue weighted by molar-refractivity contribution is 0.121. The molecule has 1 aliphatic heterocycles. The van der Waals surface area contributed by atoms with Crippen molar-refractivity contribution >= 4 is 11.8 Å². The molecular formula is C12H25NOS. The number of thioether (sulfide) groups is 1. The highest BCUT2D eigenvalue weighted by molar-refractivity contribution is 7.99. The minimum absolute atomic E-state index is 0.0937. The third-order valence-electron chi connectivity index (χ3n) is 2.97. The molecule has 1 fully saturated rings. The average molecular weight is 231 g/mol. The minimum atomic E-state index is -0.0937. The largest absolute Gasteiger partial charge is 0.393 e. The molecule has 0 spiro atoms. The van der Waals surface area contributed by atoms with E-state index in [4.69, 9.17) is 0 Å². The van der Waals surface area contributed by atoms with E-state index in [2.05, 4.69) is 25.7 Å². The summed E-state index contributed by atoms with van der Waals surface area (Å²) in [6.07, 6.45) is 1.80. The van der Waals surface area contributed by atoms with Crippen molar-refractivity contribution in [1.29, 1.82) is 0 Å².